The van der Waals surface area contributed by atoms with E-state index in [2.05, 4.69) is 0 Å². The Morgan fingerprint density at radius 1 is 0.870 bits per heavy atom. The SMILES string of the molecule is COc1ccc(-c2cc(N)ccc2OCc2ccccc2)cc1. The van der Waals surface area contributed by atoms with Gasteiger partial charge in [-0.15, -0.1) is 0 Å². The number of methoxy groups -OCH3 is 1. The summed E-state index contributed by atoms with van der Waals surface area (Å²) in [6.07, 6.45) is 0. The van der Waals surface area contributed by atoms with Crippen LogP contribution < -0.4 is 15.2 Å². The molecule has 0 spiro atoms. The van der Waals surface area contributed by atoms with Crippen LogP contribution in [0.5, 0.6) is 11.5 Å². The number of rotatable bonds is 5. The maximum Gasteiger partial charge on any atom is 0.127 e. The van der Waals surface area contributed by atoms with E-state index >= 15 is 0 Å². The molecule has 2 N–H and O–H groups in total. The molecule has 0 radical (unpaired) electrons. The second-order valence-corrected chi connectivity index (χ2v) is 5.26. The van der Waals surface area contributed by atoms with Gasteiger partial charge < -0.3 is 15.2 Å². The molecule has 3 rings (SSSR count). The number of ether oxygens (including phenoxy) is 2. The Morgan fingerprint density at radius 2 is 1.61 bits per heavy atom. The zero-order chi connectivity index (χ0) is 16.1. The highest BCUT2D eigenvalue weighted by atomic mass is 16.5. The Hall–Kier alpha value is -2.94. The minimum atomic E-state index is 0.522. The van der Waals surface area contributed by atoms with Gasteiger partial charge in [0.2, 0.25) is 0 Å². The molecule has 0 aliphatic heterocycles. The Balaban J connectivity index is 1.88. The van der Waals surface area contributed by atoms with E-state index in [0.29, 0.717) is 12.3 Å². The third kappa shape index (κ3) is 3.64. The fraction of sp³-hybridized carbons (Fsp3) is 0.100. The summed E-state index contributed by atoms with van der Waals surface area (Å²) in [7, 11) is 1.66. The van der Waals surface area contributed by atoms with E-state index in [1.165, 1.54) is 0 Å². The number of benzene rings is 3. The lowest BCUT2D eigenvalue weighted by molar-refractivity contribution is 0.307. The van der Waals surface area contributed by atoms with Gasteiger partial charge in [-0.2, -0.15) is 0 Å². The van der Waals surface area contributed by atoms with Crippen molar-refractivity contribution < 1.29 is 9.47 Å². The molecule has 0 amide bonds. The van der Waals surface area contributed by atoms with Crippen LogP contribution in [0.2, 0.25) is 0 Å². The van der Waals surface area contributed by atoms with Crippen molar-refractivity contribution in [1.29, 1.82) is 0 Å². The van der Waals surface area contributed by atoms with Crippen LogP contribution in [0.1, 0.15) is 5.56 Å². The van der Waals surface area contributed by atoms with Crippen molar-refractivity contribution in [2.75, 3.05) is 12.8 Å². The first-order chi connectivity index (χ1) is 11.3. The molecule has 0 saturated carbocycles. The molecule has 3 aromatic carbocycles. The first kappa shape index (κ1) is 15.0. The quantitative estimate of drug-likeness (QED) is 0.705. The van der Waals surface area contributed by atoms with Crippen LogP contribution in [-0.2, 0) is 6.61 Å². The summed E-state index contributed by atoms with van der Waals surface area (Å²) in [4.78, 5) is 0. The number of nitrogen functional groups attached to an aromatic ring is 1. The molecule has 0 bridgehead atoms. The molecule has 0 aromatic heterocycles. The Labute approximate surface area is 136 Å². The Bertz CT molecular complexity index is 767. The zero-order valence-corrected chi connectivity index (χ0v) is 13.0. The smallest absolute Gasteiger partial charge is 0.127 e. The first-order valence-corrected chi connectivity index (χ1v) is 7.47. The number of nitrogens with two attached hydrogens (primary N) is 1. The molecule has 0 fully saturated rings. The van der Waals surface area contributed by atoms with Gasteiger partial charge in [0.05, 0.1) is 7.11 Å². The van der Waals surface area contributed by atoms with Gasteiger partial charge in [0, 0.05) is 11.3 Å². The summed E-state index contributed by atoms with van der Waals surface area (Å²) in [5.41, 5.74) is 9.81. The monoisotopic (exact) mass is 305 g/mol. The van der Waals surface area contributed by atoms with Gasteiger partial charge >= 0.3 is 0 Å². The normalized spacial score (nSPS) is 10.3. The summed E-state index contributed by atoms with van der Waals surface area (Å²) in [6.45, 7) is 0.522. The lowest BCUT2D eigenvalue weighted by Gasteiger charge is -2.13. The highest BCUT2D eigenvalue weighted by Crippen LogP contribution is 2.33. The highest BCUT2D eigenvalue weighted by Gasteiger charge is 2.08. The van der Waals surface area contributed by atoms with Crippen molar-refractivity contribution >= 4 is 5.69 Å². The van der Waals surface area contributed by atoms with Crippen LogP contribution in [0, 0.1) is 0 Å². The van der Waals surface area contributed by atoms with E-state index in [1.54, 1.807) is 7.11 Å². The maximum absolute atomic E-state index is 6.00. The molecule has 0 aliphatic carbocycles. The lowest BCUT2D eigenvalue weighted by Crippen LogP contribution is -1.98. The fourth-order valence-corrected chi connectivity index (χ4v) is 2.40. The van der Waals surface area contributed by atoms with Crippen molar-refractivity contribution in [3.8, 4) is 22.6 Å². The van der Waals surface area contributed by atoms with Crippen LogP contribution in [0.4, 0.5) is 5.69 Å². The summed E-state index contributed by atoms with van der Waals surface area (Å²) in [5, 5.41) is 0. The molecule has 23 heavy (non-hydrogen) atoms. The standard InChI is InChI=1S/C20H19NO2/c1-22-18-10-7-16(8-11-18)19-13-17(21)9-12-20(19)23-14-15-5-3-2-4-6-15/h2-13H,14,21H2,1H3. The van der Waals surface area contributed by atoms with Gasteiger partial charge in [0.25, 0.3) is 0 Å². The third-order valence-corrected chi connectivity index (χ3v) is 3.64. The Morgan fingerprint density at radius 3 is 2.30 bits per heavy atom. The van der Waals surface area contributed by atoms with E-state index in [9.17, 15) is 0 Å². The molecule has 3 aromatic rings. The van der Waals surface area contributed by atoms with Crippen molar-refractivity contribution in [2.45, 2.75) is 6.61 Å². The van der Waals surface area contributed by atoms with Crippen molar-refractivity contribution in [3.63, 3.8) is 0 Å². The molecule has 0 aliphatic rings. The van der Waals surface area contributed by atoms with Crippen LogP contribution in [0.15, 0.2) is 72.8 Å². The van der Waals surface area contributed by atoms with Crippen LogP contribution >= 0.6 is 0 Å². The van der Waals surface area contributed by atoms with E-state index < -0.39 is 0 Å². The van der Waals surface area contributed by atoms with Gasteiger partial charge in [-0.1, -0.05) is 42.5 Å². The van der Waals surface area contributed by atoms with E-state index in [-0.39, 0.29) is 0 Å². The number of anilines is 1. The molecular formula is C20H19NO2. The average molecular weight is 305 g/mol. The third-order valence-electron chi connectivity index (χ3n) is 3.64. The summed E-state index contributed by atoms with van der Waals surface area (Å²) < 4.78 is 11.2. The van der Waals surface area contributed by atoms with Gasteiger partial charge in [-0.05, 0) is 41.5 Å². The molecule has 0 saturated heterocycles. The molecule has 3 nitrogen and oxygen atoms in total. The van der Waals surface area contributed by atoms with Crippen molar-refractivity contribution in [1.82, 2.24) is 0 Å². The average Bonchev–Trinajstić information content (AvgIpc) is 2.61. The fourth-order valence-electron chi connectivity index (χ4n) is 2.40. The lowest BCUT2D eigenvalue weighted by atomic mass is 10.0. The Kier molecular flexibility index (Phi) is 4.48. The molecular weight excluding hydrogens is 286 g/mol. The molecule has 116 valence electrons. The second kappa shape index (κ2) is 6.88. The van der Waals surface area contributed by atoms with E-state index in [1.807, 2.05) is 72.8 Å². The van der Waals surface area contributed by atoms with Gasteiger partial charge in [-0.25, -0.2) is 0 Å². The predicted octanol–water partition coefficient (Wildman–Crippen LogP) is 4.52. The minimum absolute atomic E-state index is 0.522. The number of hydrogen-bond donors (Lipinski definition) is 1. The number of hydrogen-bond acceptors (Lipinski definition) is 3. The summed E-state index contributed by atoms with van der Waals surface area (Å²) >= 11 is 0. The summed E-state index contributed by atoms with van der Waals surface area (Å²) in [5.74, 6) is 1.64. The van der Waals surface area contributed by atoms with Crippen LogP contribution in [0.25, 0.3) is 11.1 Å². The molecule has 3 heteroatoms. The van der Waals surface area contributed by atoms with E-state index in [0.717, 1.165) is 28.2 Å². The van der Waals surface area contributed by atoms with Gasteiger partial charge in [0.1, 0.15) is 18.1 Å². The van der Waals surface area contributed by atoms with Crippen LogP contribution in [-0.4, -0.2) is 7.11 Å². The zero-order valence-electron chi connectivity index (χ0n) is 13.0. The predicted molar refractivity (Wildman–Crippen MR) is 93.6 cm³/mol. The second-order valence-electron chi connectivity index (χ2n) is 5.26. The van der Waals surface area contributed by atoms with Crippen LogP contribution in [0.3, 0.4) is 0 Å². The largest absolute Gasteiger partial charge is 0.497 e. The molecule has 0 atom stereocenters. The van der Waals surface area contributed by atoms with E-state index in [4.69, 9.17) is 15.2 Å². The topological polar surface area (TPSA) is 44.5 Å². The van der Waals surface area contributed by atoms with Crippen molar-refractivity contribution in [2.24, 2.45) is 0 Å². The maximum atomic E-state index is 6.00. The summed E-state index contributed by atoms with van der Waals surface area (Å²) in [6, 6.07) is 23.7. The molecule has 0 unspecified atom stereocenters. The highest BCUT2D eigenvalue weighted by molar-refractivity contribution is 5.74. The van der Waals surface area contributed by atoms with Crippen molar-refractivity contribution in [3.05, 3.63) is 78.4 Å². The van der Waals surface area contributed by atoms with Gasteiger partial charge in [0.15, 0.2) is 0 Å². The minimum Gasteiger partial charge on any atom is -0.497 e. The first-order valence-electron chi connectivity index (χ1n) is 7.47. The molecule has 0 heterocycles. The van der Waals surface area contributed by atoms with Gasteiger partial charge in [-0.3, -0.25) is 0 Å².